The summed E-state index contributed by atoms with van der Waals surface area (Å²) in [6, 6.07) is 0. The van der Waals surface area contributed by atoms with Crippen LogP contribution in [-0.2, 0) is 42.8 Å². The van der Waals surface area contributed by atoms with Gasteiger partial charge in [0.25, 0.3) is 0 Å². The molecule has 0 fully saturated rings. The Hall–Kier alpha value is -1.75. The molecule has 0 aliphatic rings. The van der Waals surface area contributed by atoms with E-state index in [4.69, 9.17) is 28.4 Å². The van der Waals surface area contributed by atoms with Crippen molar-refractivity contribution in [3.05, 3.63) is 24.3 Å². The van der Waals surface area contributed by atoms with Crippen LogP contribution in [-0.4, -0.2) is 96.1 Å². The van der Waals surface area contributed by atoms with Gasteiger partial charge < -0.3 is 28.4 Å². The maximum Gasteiger partial charge on any atom is 0.158 e. The normalized spacial score (nSPS) is 13.6. The summed E-state index contributed by atoms with van der Waals surface area (Å²) in [6.45, 7) is 7.08. The topological polar surface area (TPSA) is 107 Å². The smallest absolute Gasteiger partial charge is 0.158 e. The van der Waals surface area contributed by atoms with E-state index in [0.717, 1.165) is 103 Å². The Labute approximate surface area is 445 Å². The van der Waals surface area contributed by atoms with Gasteiger partial charge in [0, 0.05) is 40.6 Å². The zero-order valence-corrected chi connectivity index (χ0v) is 48.3. The highest BCUT2D eigenvalue weighted by Gasteiger charge is 2.16. The number of hydrogen-bond acceptors (Lipinski definition) is 9. The van der Waals surface area contributed by atoms with Gasteiger partial charge in [0.15, 0.2) is 17.3 Å². The van der Waals surface area contributed by atoms with Crippen molar-refractivity contribution < 1.29 is 42.8 Å². The molecule has 0 saturated carbocycles. The van der Waals surface area contributed by atoms with E-state index in [1.807, 2.05) is 21.3 Å². The van der Waals surface area contributed by atoms with Crippen LogP contribution in [0, 0.1) is 0 Å². The minimum Gasteiger partial charge on any atom is -0.381 e. The maximum absolute atomic E-state index is 12.8. The Morgan fingerprint density at radius 3 is 1.00 bits per heavy atom. The molecule has 424 valence electrons. The van der Waals surface area contributed by atoms with E-state index < -0.39 is 6.10 Å². The molecule has 0 rings (SSSR count). The summed E-state index contributed by atoms with van der Waals surface area (Å²) in [4.78, 5) is 38.2. The van der Waals surface area contributed by atoms with Gasteiger partial charge in [-0.25, -0.2) is 0 Å². The molecule has 0 amide bonds. The summed E-state index contributed by atoms with van der Waals surface area (Å²) in [7, 11) is 5.51. The summed E-state index contributed by atoms with van der Waals surface area (Å²) < 4.78 is 34.7. The second-order valence-electron chi connectivity index (χ2n) is 21.1. The van der Waals surface area contributed by atoms with Crippen LogP contribution in [0.3, 0.4) is 0 Å². The third-order valence-electron chi connectivity index (χ3n) is 14.3. The van der Waals surface area contributed by atoms with E-state index in [1.54, 1.807) is 0 Å². The molecule has 0 aromatic rings. The first-order chi connectivity index (χ1) is 35.3. The second-order valence-corrected chi connectivity index (χ2v) is 21.1. The molecule has 4 atom stereocenters. The fourth-order valence-electron chi connectivity index (χ4n) is 9.34. The van der Waals surface area contributed by atoms with Crippen molar-refractivity contribution in [1.82, 2.24) is 0 Å². The third kappa shape index (κ3) is 50.4. The van der Waals surface area contributed by atoms with E-state index in [1.165, 1.54) is 141 Å². The Bertz CT molecular complexity index is 1220. The van der Waals surface area contributed by atoms with Gasteiger partial charge in [0.05, 0.1) is 31.5 Å². The average Bonchev–Trinajstić information content (AvgIpc) is 3.38. The van der Waals surface area contributed by atoms with Crippen molar-refractivity contribution in [2.75, 3.05) is 54.4 Å². The van der Waals surface area contributed by atoms with Crippen LogP contribution < -0.4 is 0 Å². The Morgan fingerprint density at radius 2 is 0.639 bits per heavy atom. The highest BCUT2D eigenvalue weighted by molar-refractivity contribution is 5.80. The molecule has 0 saturated heterocycles. The molecular weight excluding hydrogens is 901 g/mol. The van der Waals surface area contributed by atoms with Gasteiger partial charge >= 0.3 is 0 Å². The molecule has 0 aliphatic carbocycles. The number of rotatable bonds is 60. The monoisotopic (exact) mass is 1020 g/mol. The number of carbonyl (C=O) groups is 3. The van der Waals surface area contributed by atoms with Crippen LogP contribution in [0.5, 0.6) is 0 Å². The third-order valence-corrected chi connectivity index (χ3v) is 14.3. The maximum atomic E-state index is 12.8. The highest BCUT2D eigenvalue weighted by atomic mass is 16.6. The zero-order valence-electron chi connectivity index (χ0n) is 48.3. The number of allylic oxidation sites excluding steroid dienone is 2. The quantitative estimate of drug-likeness (QED) is 0.0435. The number of unbranched alkanes of at least 4 members (excludes halogenated alkanes) is 26. The molecule has 0 bridgehead atoms. The van der Waals surface area contributed by atoms with E-state index in [9.17, 15) is 14.4 Å². The van der Waals surface area contributed by atoms with E-state index in [-0.39, 0.29) is 50.4 Å². The largest absolute Gasteiger partial charge is 0.381 e. The lowest BCUT2D eigenvalue weighted by Crippen LogP contribution is -2.30. The Morgan fingerprint density at radius 1 is 0.333 bits per heavy atom. The van der Waals surface area contributed by atoms with Crippen LogP contribution in [0.15, 0.2) is 24.3 Å². The van der Waals surface area contributed by atoms with Crippen molar-refractivity contribution in [1.29, 1.82) is 0 Å². The second kappa shape index (κ2) is 57.0. The lowest BCUT2D eigenvalue weighted by Gasteiger charge is -2.18. The van der Waals surface area contributed by atoms with Crippen molar-refractivity contribution in [3.8, 4) is 0 Å². The first-order valence-electron chi connectivity index (χ1n) is 30.5. The van der Waals surface area contributed by atoms with Gasteiger partial charge in [-0.3, -0.25) is 14.4 Å². The minimum absolute atomic E-state index is 0.0134. The number of ketones is 3. The van der Waals surface area contributed by atoms with Crippen LogP contribution in [0.25, 0.3) is 0 Å². The highest BCUT2D eigenvalue weighted by Crippen LogP contribution is 2.18. The number of ether oxygens (including phenoxy) is 6. The SMILES string of the molecule is CCCCCCC(C/C=C/CCCCCCCC(=O)COCC(COCC(=O)CCCCCCCCCCC(CCCCCC)OC)OCC(=O)CCCCCCC/C=C/CC(CCCCCC)OC)OC. The molecule has 72 heavy (non-hydrogen) atoms. The summed E-state index contributed by atoms with van der Waals surface area (Å²) in [6.07, 6.45) is 55.6. The minimum atomic E-state index is -0.519. The van der Waals surface area contributed by atoms with Crippen molar-refractivity contribution in [2.24, 2.45) is 0 Å². The molecule has 0 aromatic heterocycles. The Balaban J connectivity index is 4.53. The van der Waals surface area contributed by atoms with Crippen LogP contribution in [0.1, 0.15) is 284 Å². The molecule has 0 heterocycles. The van der Waals surface area contributed by atoms with Gasteiger partial charge in [-0.15, -0.1) is 0 Å². The number of carbonyl (C=O) groups excluding carboxylic acids is 3. The first kappa shape index (κ1) is 70.2. The van der Waals surface area contributed by atoms with E-state index >= 15 is 0 Å². The van der Waals surface area contributed by atoms with Crippen molar-refractivity contribution >= 4 is 17.3 Å². The lowest BCUT2D eigenvalue weighted by atomic mass is 10.0. The van der Waals surface area contributed by atoms with Crippen molar-refractivity contribution in [2.45, 2.75) is 308 Å². The summed E-state index contributed by atoms with van der Waals surface area (Å²) >= 11 is 0. The molecule has 0 N–H and O–H groups in total. The average molecular weight is 1020 g/mol. The molecular formula is C63H118O9. The fraction of sp³-hybridized carbons (Fsp3) is 0.889. The summed E-state index contributed by atoms with van der Waals surface area (Å²) in [5, 5.41) is 0. The van der Waals surface area contributed by atoms with Crippen molar-refractivity contribution in [3.63, 3.8) is 0 Å². The van der Waals surface area contributed by atoms with E-state index in [0.29, 0.717) is 37.6 Å². The van der Waals surface area contributed by atoms with Gasteiger partial charge in [-0.05, 0) is 83.5 Å². The molecule has 0 radical (unpaired) electrons. The standard InChI is InChI=1S/C63H118O9/c1-7-10-13-37-46-60(67-4)49-40-31-25-19-16-22-28-34-43-57(64)52-70-55-63(72-54-59(66)45-36-30-24-18-21-27-33-42-51-62(69-6)48-39-15-12-9-3)56-71-53-58(65)44-35-29-23-17-20-26-32-41-50-61(68-5)47-38-14-11-8-2/h31,33,40,42,60-63H,7-30,32,34-39,41,43-56H2,1-6H3/b40-31+,42-33+. The molecule has 4 unspecified atom stereocenters. The van der Waals surface area contributed by atoms with Gasteiger partial charge in [0.1, 0.15) is 25.9 Å². The summed E-state index contributed by atoms with van der Waals surface area (Å²) in [5.74, 6) is 0.237. The molecule has 0 aromatic carbocycles. The van der Waals surface area contributed by atoms with Crippen LogP contribution in [0.4, 0.5) is 0 Å². The zero-order chi connectivity index (χ0) is 52.6. The fourth-order valence-corrected chi connectivity index (χ4v) is 9.34. The van der Waals surface area contributed by atoms with E-state index in [2.05, 4.69) is 45.1 Å². The van der Waals surface area contributed by atoms with Gasteiger partial charge in [-0.2, -0.15) is 0 Å². The molecule has 9 heteroatoms. The van der Waals surface area contributed by atoms with Gasteiger partial charge in [0.2, 0.25) is 0 Å². The lowest BCUT2D eigenvalue weighted by molar-refractivity contribution is -0.135. The molecule has 0 aliphatic heterocycles. The first-order valence-corrected chi connectivity index (χ1v) is 30.5. The molecule has 9 nitrogen and oxygen atoms in total. The van der Waals surface area contributed by atoms with Crippen LogP contribution in [0.2, 0.25) is 0 Å². The number of methoxy groups -OCH3 is 3. The predicted octanol–water partition coefficient (Wildman–Crippen LogP) is 17.3. The summed E-state index contributed by atoms with van der Waals surface area (Å²) in [5.41, 5.74) is 0. The number of Topliss-reactive ketones (excluding diaryl/α,β-unsaturated/α-hetero) is 3. The predicted molar refractivity (Wildman–Crippen MR) is 303 cm³/mol. The number of hydrogen-bond donors (Lipinski definition) is 0. The Kier molecular flexibility index (Phi) is 55.6. The van der Waals surface area contributed by atoms with Gasteiger partial charge in [-0.1, -0.05) is 206 Å². The van der Waals surface area contributed by atoms with Crippen LogP contribution >= 0.6 is 0 Å². The molecule has 0 spiro atoms.